The van der Waals surface area contributed by atoms with Crippen molar-refractivity contribution in [1.29, 1.82) is 0 Å². The molecule has 2 N–H and O–H groups in total. The molecular formula is C24H35IN6O. The van der Waals surface area contributed by atoms with Crippen LogP contribution in [0, 0.1) is 13.8 Å². The molecule has 3 aromatic rings. The number of rotatable bonds is 10. The zero-order valence-corrected chi connectivity index (χ0v) is 21.8. The summed E-state index contributed by atoms with van der Waals surface area (Å²) in [6, 6.07) is 14.6. The van der Waals surface area contributed by atoms with Crippen LogP contribution in [0.5, 0.6) is 0 Å². The number of aryl methyl sites for hydroxylation is 3. The molecule has 2 heterocycles. The summed E-state index contributed by atoms with van der Waals surface area (Å²) in [4.78, 5) is 6.61. The van der Waals surface area contributed by atoms with E-state index in [0.717, 1.165) is 56.6 Å². The zero-order chi connectivity index (χ0) is 22.1. The SMILES string of the molecule is CN=C(NCCCn1nc(C)cc1C)NCc1ccccc1CN(C)Cc1ccco1.I. The van der Waals surface area contributed by atoms with Gasteiger partial charge in [-0.25, -0.2) is 0 Å². The highest BCUT2D eigenvalue weighted by Gasteiger charge is 2.08. The lowest BCUT2D eigenvalue weighted by Gasteiger charge is -2.19. The third-order valence-corrected chi connectivity index (χ3v) is 5.18. The van der Waals surface area contributed by atoms with Crippen LogP contribution in [0.25, 0.3) is 0 Å². The summed E-state index contributed by atoms with van der Waals surface area (Å²) in [6.07, 6.45) is 2.70. The molecule has 0 bridgehead atoms. The van der Waals surface area contributed by atoms with Gasteiger partial charge < -0.3 is 15.1 Å². The summed E-state index contributed by atoms with van der Waals surface area (Å²) in [7, 11) is 3.91. The predicted molar refractivity (Wildman–Crippen MR) is 140 cm³/mol. The van der Waals surface area contributed by atoms with Crippen LogP contribution in [-0.2, 0) is 26.2 Å². The monoisotopic (exact) mass is 550 g/mol. The van der Waals surface area contributed by atoms with E-state index in [1.807, 2.05) is 19.1 Å². The Bertz CT molecular complexity index is 967. The largest absolute Gasteiger partial charge is 0.468 e. The first-order valence-electron chi connectivity index (χ1n) is 10.8. The van der Waals surface area contributed by atoms with Crippen LogP contribution in [0.1, 0.15) is 34.7 Å². The minimum absolute atomic E-state index is 0. The zero-order valence-electron chi connectivity index (χ0n) is 19.5. The lowest BCUT2D eigenvalue weighted by molar-refractivity contribution is 0.287. The van der Waals surface area contributed by atoms with E-state index < -0.39 is 0 Å². The van der Waals surface area contributed by atoms with Crippen LogP contribution in [0.3, 0.4) is 0 Å². The third-order valence-electron chi connectivity index (χ3n) is 5.18. The number of nitrogens with zero attached hydrogens (tertiary/aromatic N) is 4. The van der Waals surface area contributed by atoms with Crippen molar-refractivity contribution in [3.8, 4) is 0 Å². The standard InChI is InChI=1S/C24H34N6O.HI/c1-19-15-20(2)30(28-19)13-8-12-26-24(25-3)27-16-21-9-5-6-10-22(21)17-29(4)18-23-11-7-14-31-23;/h5-7,9-11,14-15H,8,12-13,16-18H2,1-4H3,(H2,25,26,27);1H. The average Bonchev–Trinajstić information content (AvgIpc) is 3.37. The first kappa shape index (κ1) is 25.9. The van der Waals surface area contributed by atoms with Crippen molar-refractivity contribution in [2.24, 2.45) is 4.99 Å². The van der Waals surface area contributed by atoms with Crippen molar-refractivity contribution < 1.29 is 4.42 Å². The van der Waals surface area contributed by atoms with Gasteiger partial charge in [-0.1, -0.05) is 24.3 Å². The first-order valence-corrected chi connectivity index (χ1v) is 10.8. The highest BCUT2D eigenvalue weighted by Crippen LogP contribution is 2.13. The lowest BCUT2D eigenvalue weighted by Crippen LogP contribution is -2.37. The number of aromatic nitrogens is 2. The number of hydrogen-bond donors (Lipinski definition) is 2. The Morgan fingerprint density at radius 3 is 2.53 bits per heavy atom. The third kappa shape index (κ3) is 7.98. The van der Waals surface area contributed by atoms with Gasteiger partial charge in [0.25, 0.3) is 0 Å². The summed E-state index contributed by atoms with van der Waals surface area (Å²) in [5.41, 5.74) is 4.83. The molecule has 0 spiro atoms. The Morgan fingerprint density at radius 2 is 1.88 bits per heavy atom. The van der Waals surface area contributed by atoms with Gasteiger partial charge in [0.1, 0.15) is 5.76 Å². The van der Waals surface area contributed by atoms with E-state index in [1.54, 1.807) is 13.3 Å². The van der Waals surface area contributed by atoms with E-state index in [-0.39, 0.29) is 24.0 Å². The minimum atomic E-state index is 0. The first-order chi connectivity index (χ1) is 15.0. The molecule has 0 amide bonds. The van der Waals surface area contributed by atoms with Crippen LogP contribution >= 0.6 is 24.0 Å². The quantitative estimate of drug-likeness (QED) is 0.172. The molecule has 174 valence electrons. The fourth-order valence-electron chi connectivity index (χ4n) is 3.64. The van der Waals surface area contributed by atoms with Gasteiger partial charge in [-0.05, 0) is 56.6 Å². The van der Waals surface area contributed by atoms with E-state index in [2.05, 4.69) is 74.6 Å². The number of aliphatic imine (C=N–C) groups is 1. The number of hydrogen-bond acceptors (Lipinski definition) is 4. The van der Waals surface area contributed by atoms with Gasteiger partial charge in [0.2, 0.25) is 0 Å². The second-order valence-corrected chi connectivity index (χ2v) is 7.88. The predicted octanol–water partition coefficient (Wildman–Crippen LogP) is 4.10. The molecule has 0 saturated carbocycles. The minimum Gasteiger partial charge on any atom is -0.468 e. The van der Waals surface area contributed by atoms with Crippen molar-refractivity contribution in [2.75, 3.05) is 20.6 Å². The molecule has 0 unspecified atom stereocenters. The van der Waals surface area contributed by atoms with Gasteiger partial charge in [-0.15, -0.1) is 24.0 Å². The van der Waals surface area contributed by atoms with Gasteiger partial charge in [-0.3, -0.25) is 14.6 Å². The van der Waals surface area contributed by atoms with E-state index in [4.69, 9.17) is 4.42 Å². The van der Waals surface area contributed by atoms with Crippen LogP contribution in [0.4, 0.5) is 0 Å². The Labute approximate surface area is 208 Å². The van der Waals surface area contributed by atoms with Gasteiger partial charge in [0.15, 0.2) is 5.96 Å². The molecule has 0 fully saturated rings. The van der Waals surface area contributed by atoms with Gasteiger partial charge in [0, 0.05) is 38.9 Å². The average molecular weight is 550 g/mol. The Hall–Kier alpha value is -2.33. The molecular weight excluding hydrogens is 515 g/mol. The summed E-state index contributed by atoms with van der Waals surface area (Å²) < 4.78 is 7.52. The highest BCUT2D eigenvalue weighted by molar-refractivity contribution is 14.0. The normalized spacial score (nSPS) is 11.5. The van der Waals surface area contributed by atoms with Crippen molar-refractivity contribution in [3.63, 3.8) is 0 Å². The number of halogens is 1. The highest BCUT2D eigenvalue weighted by atomic mass is 127. The number of guanidine groups is 1. The van der Waals surface area contributed by atoms with Gasteiger partial charge in [0.05, 0.1) is 18.5 Å². The molecule has 7 nitrogen and oxygen atoms in total. The van der Waals surface area contributed by atoms with E-state index in [9.17, 15) is 0 Å². The second-order valence-electron chi connectivity index (χ2n) is 7.88. The summed E-state index contributed by atoms with van der Waals surface area (Å²) in [5.74, 6) is 1.79. The number of furan rings is 1. The number of nitrogens with one attached hydrogen (secondary N) is 2. The molecule has 1 aromatic carbocycles. The number of benzene rings is 1. The van der Waals surface area contributed by atoms with E-state index >= 15 is 0 Å². The van der Waals surface area contributed by atoms with Crippen molar-refractivity contribution in [2.45, 2.75) is 46.4 Å². The Kier molecular flexibility index (Phi) is 10.8. The molecule has 8 heteroatoms. The molecule has 3 rings (SSSR count). The lowest BCUT2D eigenvalue weighted by atomic mass is 10.1. The molecule has 32 heavy (non-hydrogen) atoms. The van der Waals surface area contributed by atoms with Gasteiger partial charge in [-0.2, -0.15) is 5.10 Å². The molecule has 0 aliphatic rings. The Morgan fingerprint density at radius 1 is 1.09 bits per heavy atom. The second kappa shape index (κ2) is 13.3. The van der Waals surface area contributed by atoms with E-state index in [1.165, 1.54) is 16.8 Å². The van der Waals surface area contributed by atoms with Crippen molar-refractivity contribution >= 4 is 29.9 Å². The van der Waals surface area contributed by atoms with Crippen LogP contribution < -0.4 is 10.6 Å². The fourth-order valence-corrected chi connectivity index (χ4v) is 3.64. The molecule has 0 saturated heterocycles. The van der Waals surface area contributed by atoms with Crippen molar-refractivity contribution in [3.05, 3.63) is 77.0 Å². The molecule has 0 aliphatic heterocycles. The maximum absolute atomic E-state index is 5.46. The van der Waals surface area contributed by atoms with Crippen LogP contribution in [-0.4, -0.2) is 41.3 Å². The molecule has 0 aliphatic carbocycles. The summed E-state index contributed by atoms with van der Waals surface area (Å²) in [6.45, 7) is 8.22. The smallest absolute Gasteiger partial charge is 0.191 e. The molecule has 2 aromatic heterocycles. The Balaban J connectivity index is 0.00000363. The molecule has 0 radical (unpaired) electrons. The van der Waals surface area contributed by atoms with E-state index in [0.29, 0.717) is 0 Å². The fraction of sp³-hybridized carbons (Fsp3) is 0.417. The summed E-state index contributed by atoms with van der Waals surface area (Å²) >= 11 is 0. The van der Waals surface area contributed by atoms with Crippen LogP contribution in [0.2, 0.25) is 0 Å². The maximum Gasteiger partial charge on any atom is 0.191 e. The molecule has 0 atom stereocenters. The van der Waals surface area contributed by atoms with Crippen LogP contribution in [0.15, 0.2) is 58.1 Å². The topological polar surface area (TPSA) is 70.6 Å². The van der Waals surface area contributed by atoms with Gasteiger partial charge >= 0.3 is 0 Å². The van der Waals surface area contributed by atoms with Crippen molar-refractivity contribution in [1.82, 2.24) is 25.3 Å². The summed E-state index contributed by atoms with van der Waals surface area (Å²) in [5, 5.41) is 11.4. The maximum atomic E-state index is 5.46.